The number of alkyl halides is 2. The van der Waals surface area contributed by atoms with Crippen LogP contribution in [-0.2, 0) is 14.4 Å². The Morgan fingerprint density at radius 1 is 1.39 bits per heavy atom. The smallest absolute Gasteiger partial charge is 0.387 e. The fraction of sp³-hybridized carbons (Fsp3) is 0.316. The van der Waals surface area contributed by atoms with E-state index in [9.17, 15) is 18.4 Å². The predicted octanol–water partition coefficient (Wildman–Crippen LogP) is 3.77. The second kappa shape index (κ2) is 7.06. The van der Waals surface area contributed by atoms with Crippen LogP contribution in [0.5, 0.6) is 5.75 Å². The van der Waals surface area contributed by atoms with Crippen LogP contribution < -0.4 is 4.74 Å². The van der Waals surface area contributed by atoms with Gasteiger partial charge < -0.3 is 14.0 Å². The first-order valence-electron chi connectivity index (χ1n) is 8.73. The molecule has 7 nitrogen and oxygen atoms in total. The molecule has 0 spiro atoms. The standard InChI is InChI=1S/C19H16F2N2O5/c1-2-16(25)28-23-9-10(7-15(23)24)11-3-4-14(27-19(20)21)18-17(11)12-8-22-6-5-13(12)26-18/h3-6,8,10,19H,2,7,9H2,1H3. The summed E-state index contributed by atoms with van der Waals surface area (Å²) in [5.41, 5.74) is 1.35. The Morgan fingerprint density at radius 3 is 2.96 bits per heavy atom. The number of amides is 1. The molecule has 0 bridgehead atoms. The molecule has 1 atom stereocenters. The maximum Gasteiger partial charge on any atom is 0.387 e. The van der Waals surface area contributed by atoms with Gasteiger partial charge >= 0.3 is 12.6 Å². The molecule has 1 amide bonds. The first kappa shape index (κ1) is 18.1. The summed E-state index contributed by atoms with van der Waals surface area (Å²) in [6.07, 6.45) is 3.37. The van der Waals surface area contributed by atoms with Crippen molar-refractivity contribution < 1.29 is 32.4 Å². The number of fused-ring (bicyclic) bond motifs is 3. The van der Waals surface area contributed by atoms with Crippen molar-refractivity contribution in [2.75, 3.05) is 6.54 Å². The first-order chi connectivity index (χ1) is 13.5. The van der Waals surface area contributed by atoms with Gasteiger partial charge in [0.2, 0.25) is 0 Å². The predicted molar refractivity (Wildman–Crippen MR) is 93.6 cm³/mol. The summed E-state index contributed by atoms with van der Waals surface area (Å²) < 4.78 is 35.9. The highest BCUT2D eigenvalue weighted by molar-refractivity contribution is 6.08. The highest BCUT2D eigenvalue weighted by Crippen LogP contribution is 2.42. The average Bonchev–Trinajstić information content (AvgIpc) is 3.23. The van der Waals surface area contributed by atoms with Crippen LogP contribution in [-0.4, -0.2) is 35.1 Å². The van der Waals surface area contributed by atoms with Crippen LogP contribution in [0.25, 0.3) is 21.9 Å². The number of pyridine rings is 1. The quantitative estimate of drug-likeness (QED) is 0.660. The maximum absolute atomic E-state index is 12.8. The summed E-state index contributed by atoms with van der Waals surface area (Å²) in [4.78, 5) is 32.9. The summed E-state index contributed by atoms with van der Waals surface area (Å²) in [6.45, 7) is -1.20. The molecule has 2 aromatic heterocycles. The minimum absolute atomic E-state index is 0.0939. The lowest BCUT2D eigenvalue weighted by molar-refractivity contribution is -0.192. The van der Waals surface area contributed by atoms with Gasteiger partial charge in [-0.1, -0.05) is 13.0 Å². The Hall–Kier alpha value is -3.23. The highest BCUT2D eigenvalue weighted by Gasteiger charge is 2.35. The maximum atomic E-state index is 12.8. The van der Waals surface area contributed by atoms with Gasteiger partial charge in [0, 0.05) is 41.9 Å². The Labute approximate surface area is 157 Å². The molecule has 28 heavy (non-hydrogen) atoms. The van der Waals surface area contributed by atoms with Crippen molar-refractivity contribution in [1.29, 1.82) is 0 Å². The SMILES string of the molecule is CCC(=O)ON1CC(c2ccc(OC(F)F)c3oc4ccncc4c23)CC1=O. The summed E-state index contributed by atoms with van der Waals surface area (Å²) in [5, 5.41) is 2.23. The number of carbonyl (C=O) groups is 2. The van der Waals surface area contributed by atoms with Crippen LogP contribution in [0.2, 0.25) is 0 Å². The van der Waals surface area contributed by atoms with E-state index in [1.807, 2.05) is 0 Å². The summed E-state index contributed by atoms with van der Waals surface area (Å²) in [5.74, 6) is -1.22. The third-order valence-corrected chi connectivity index (χ3v) is 4.66. The third-order valence-electron chi connectivity index (χ3n) is 4.66. The molecule has 9 heteroatoms. The minimum atomic E-state index is -3.00. The average molecular weight is 390 g/mol. The number of hydroxylamine groups is 2. The van der Waals surface area contributed by atoms with E-state index in [4.69, 9.17) is 9.25 Å². The number of benzene rings is 1. The van der Waals surface area contributed by atoms with Gasteiger partial charge in [-0.2, -0.15) is 13.8 Å². The van der Waals surface area contributed by atoms with E-state index in [1.54, 1.807) is 25.3 Å². The lowest BCUT2D eigenvalue weighted by atomic mass is 9.93. The number of nitrogens with zero attached hydrogens (tertiary/aromatic N) is 2. The minimum Gasteiger partial charge on any atom is -0.452 e. The molecular weight excluding hydrogens is 374 g/mol. The summed E-state index contributed by atoms with van der Waals surface area (Å²) in [6, 6.07) is 4.65. The molecule has 1 aromatic carbocycles. The number of aromatic nitrogens is 1. The molecule has 1 aliphatic rings. The number of ether oxygens (including phenoxy) is 1. The molecule has 3 heterocycles. The van der Waals surface area contributed by atoms with Gasteiger partial charge in [0.05, 0.1) is 6.54 Å². The Bertz CT molecular complexity index is 1070. The van der Waals surface area contributed by atoms with Crippen LogP contribution >= 0.6 is 0 Å². The Balaban J connectivity index is 1.79. The third kappa shape index (κ3) is 3.12. The van der Waals surface area contributed by atoms with Gasteiger partial charge in [0.25, 0.3) is 5.91 Å². The van der Waals surface area contributed by atoms with E-state index in [2.05, 4.69) is 9.72 Å². The van der Waals surface area contributed by atoms with Crippen LogP contribution in [0.3, 0.4) is 0 Å². The van der Waals surface area contributed by atoms with E-state index >= 15 is 0 Å². The van der Waals surface area contributed by atoms with Crippen molar-refractivity contribution in [1.82, 2.24) is 10.0 Å². The van der Waals surface area contributed by atoms with Crippen LogP contribution in [0.4, 0.5) is 8.78 Å². The molecule has 0 N–H and O–H groups in total. The summed E-state index contributed by atoms with van der Waals surface area (Å²) in [7, 11) is 0. The lowest BCUT2D eigenvalue weighted by Gasteiger charge is -2.16. The number of carbonyl (C=O) groups excluding carboxylic acids is 2. The van der Waals surface area contributed by atoms with E-state index in [0.29, 0.717) is 21.9 Å². The van der Waals surface area contributed by atoms with E-state index in [1.165, 1.54) is 12.3 Å². The molecule has 0 aliphatic carbocycles. The molecule has 3 aromatic rings. The van der Waals surface area contributed by atoms with Gasteiger partial charge in [-0.3, -0.25) is 9.78 Å². The topological polar surface area (TPSA) is 81.9 Å². The fourth-order valence-electron chi connectivity index (χ4n) is 3.42. The van der Waals surface area contributed by atoms with Crippen LogP contribution in [0, 0.1) is 0 Å². The lowest BCUT2D eigenvalue weighted by Crippen LogP contribution is -2.28. The van der Waals surface area contributed by atoms with Crippen LogP contribution in [0.15, 0.2) is 35.0 Å². The second-order valence-corrected chi connectivity index (χ2v) is 6.38. The molecule has 0 radical (unpaired) electrons. The normalized spacial score (nSPS) is 17.1. The van der Waals surface area contributed by atoms with E-state index in [0.717, 1.165) is 5.06 Å². The number of rotatable bonds is 5. The molecular formula is C19H16F2N2O5. The first-order valence-corrected chi connectivity index (χ1v) is 8.73. The number of hydrogen-bond donors (Lipinski definition) is 0. The van der Waals surface area contributed by atoms with Gasteiger partial charge in [-0.15, -0.1) is 0 Å². The largest absolute Gasteiger partial charge is 0.452 e. The Kier molecular flexibility index (Phi) is 4.58. The van der Waals surface area contributed by atoms with Crippen molar-refractivity contribution in [2.45, 2.75) is 32.3 Å². The molecule has 0 saturated carbocycles. The van der Waals surface area contributed by atoms with E-state index in [-0.39, 0.29) is 42.5 Å². The molecule has 1 saturated heterocycles. The zero-order valence-corrected chi connectivity index (χ0v) is 14.9. The van der Waals surface area contributed by atoms with Crippen molar-refractivity contribution in [3.63, 3.8) is 0 Å². The van der Waals surface area contributed by atoms with Gasteiger partial charge in [-0.05, 0) is 17.7 Å². The van der Waals surface area contributed by atoms with Crippen molar-refractivity contribution in [2.24, 2.45) is 0 Å². The van der Waals surface area contributed by atoms with Gasteiger partial charge in [0.1, 0.15) is 5.58 Å². The zero-order chi connectivity index (χ0) is 19.8. The van der Waals surface area contributed by atoms with Crippen molar-refractivity contribution in [3.05, 3.63) is 36.2 Å². The molecule has 146 valence electrons. The molecule has 1 fully saturated rings. The molecule has 1 unspecified atom stereocenters. The molecule has 1 aliphatic heterocycles. The van der Waals surface area contributed by atoms with Crippen LogP contribution in [0.1, 0.15) is 31.2 Å². The highest BCUT2D eigenvalue weighted by atomic mass is 19.3. The zero-order valence-electron chi connectivity index (χ0n) is 14.9. The molecule has 4 rings (SSSR count). The summed E-state index contributed by atoms with van der Waals surface area (Å²) >= 11 is 0. The van der Waals surface area contributed by atoms with Gasteiger partial charge in [0.15, 0.2) is 11.3 Å². The van der Waals surface area contributed by atoms with Crippen molar-refractivity contribution >= 4 is 33.8 Å². The van der Waals surface area contributed by atoms with Gasteiger partial charge in [-0.25, -0.2) is 4.79 Å². The Morgan fingerprint density at radius 2 is 2.21 bits per heavy atom. The number of furan rings is 1. The monoisotopic (exact) mass is 390 g/mol. The number of halogens is 2. The fourth-order valence-corrected chi connectivity index (χ4v) is 3.42. The van der Waals surface area contributed by atoms with E-state index < -0.39 is 12.6 Å². The number of hydrogen-bond acceptors (Lipinski definition) is 6. The van der Waals surface area contributed by atoms with Crippen molar-refractivity contribution in [3.8, 4) is 5.75 Å². The second-order valence-electron chi connectivity index (χ2n) is 6.38.